The molecule has 0 spiro atoms. The molecule has 21 heteroatoms. The zero-order valence-electron chi connectivity index (χ0n) is 36.6. The number of ether oxygens (including phenoxy) is 2. The normalized spacial score (nSPS) is 17.4. The zero-order valence-corrected chi connectivity index (χ0v) is 37.4. The van der Waals surface area contributed by atoms with Gasteiger partial charge in [-0.1, -0.05) is 67.1 Å². The standard InChI is InChI=1S/C44H62N10O10S/c1-29(55)50-35(25-31-12-6-3-7-13-31)42(60)51-33(16-15-32(56)26-45)41(59)52-34(24-30-10-4-2-5-11-30)40(58)49-27-38(57)46-18-20-63-22-23-64-21-19-48-43(61)47-17-9-8-14-37-39-36(28-65-37)53-44(62)54-39/h2-7,10-13,26,33-37,39,45H,8-9,14-25,27-28H2,1H3,(H,46,57)(H,49,58)(H,50,55)(H,51,60)(H,52,59)(H2,47,48,61)(H2,53,54,62)/t33-,34-,35-,36+,37+,39+/m0/s1. The van der Waals surface area contributed by atoms with E-state index in [1.54, 1.807) is 60.7 Å². The lowest BCUT2D eigenvalue weighted by Crippen LogP contribution is -2.57. The van der Waals surface area contributed by atoms with Gasteiger partial charge in [-0.15, -0.1) is 0 Å². The van der Waals surface area contributed by atoms with Crippen LogP contribution in [0.5, 0.6) is 0 Å². The van der Waals surface area contributed by atoms with E-state index < -0.39 is 60.0 Å². The van der Waals surface area contributed by atoms with Crippen molar-refractivity contribution >= 4 is 65.4 Å². The number of benzene rings is 2. The largest absolute Gasteiger partial charge is 0.377 e. The molecule has 2 aromatic carbocycles. The van der Waals surface area contributed by atoms with Crippen LogP contribution < -0.4 is 47.9 Å². The van der Waals surface area contributed by atoms with Crippen LogP contribution in [0.2, 0.25) is 0 Å². The number of thioether (sulfide) groups is 1. The van der Waals surface area contributed by atoms with Gasteiger partial charge in [-0.3, -0.25) is 28.8 Å². The van der Waals surface area contributed by atoms with Crippen LogP contribution in [-0.4, -0.2) is 147 Å². The van der Waals surface area contributed by atoms with E-state index in [0.29, 0.717) is 30.1 Å². The maximum absolute atomic E-state index is 13.8. The summed E-state index contributed by atoms with van der Waals surface area (Å²) >= 11 is 1.87. The lowest BCUT2D eigenvalue weighted by molar-refractivity contribution is -0.134. The van der Waals surface area contributed by atoms with Gasteiger partial charge in [0.25, 0.3) is 0 Å². The predicted octanol–water partition coefficient (Wildman–Crippen LogP) is -0.155. The van der Waals surface area contributed by atoms with Gasteiger partial charge < -0.3 is 62.7 Å². The van der Waals surface area contributed by atoms with Crippen molar-refractivity contribution in [2.24, 2.45) is 0 Å². The highest BCUT2D eigenvalue weighted by Crippen LogP contribution is 2.33. The average molecular weight is 923 g/mol. The van der Waals surface area contributed by atoms with Gasteiger partial charge in [-0.05, 0) is 30.4 Å². The number of hydrogen-bond acceptors (Lipinski definition) is 12. The maximum Gasteiger partial charge on any atom is 0.315 e. The van der Waals surface area contributed by atoms with Crippen molar-refractivity contribution in [3.05, 3.63) is 71.8 Å². The molecule has 65 heavy (non-hydrogen) atoms. The Labute approximate surface area is 382 Å². The van der Waals surface area contributed by atoms with E-state index in [4.69, 9.17) is 14.9 Å². The predicted molar refractivity (Wildman–Crippen MR) is 243 cm³/mol. The molecule has 0 aromatic heterocycles. The summed E-state index contributed by atoms with van der Waals surface area (Å²) in [4.78, 5) is 101. The van der Waals surface area contributed by atoms with Gasteiger partial charge >= 0.3 is 12.1 Å². The molecule has 9 amide bonds. The van der Waals surface area contributed by atoms with Gasteiger partial charge in [0.05, 0.1) is 51.3 Å². The van der Waals surface area contributed by atoms with Crippen molar-refractivity contribution in [1.82, 2.24) is 47.9 Å². The summed E-state index contributed by atoms with van der Waals surface area (Å²) in [5.41, 5.74) is 1.45. The average Bonchev–Trinajstić information content (AvgIpc) is 3.86. The first-order chi connectivity index (χ1) is 31.4. The molecular formula is C44H62N10O10S. The van der Waals surface area contributed by atoms with E-state index in [0.717, 1.165) is 30.6 Å². The van der Waals surface area contributed by atoms with E-state index in [1.807, 2.05) is 11.8 Å². The second kappa shape index (κ2) is 28.7. The van der Waals surface area contributed by atoms with Crippen LogP contribution in [0, 0.1) is 5.41 Å². The molecule has 2 fully saturated rings. The Bertz CT molecular complexity index is 1900. The second-order valence-corrected chi connectivity index (χ2v) is 16.8. The minimum absolute atomic E-state index is 0.0329. The summed E-state index contributed by atoms with van der Waals surface area (Å²) in [7, 11) is 0. The first kappa shape index (κ1) is 51.6. The number of carbonyl (C=O) groups excluding carboxylic acids is 8. The molecule has 20 nitrogen and oxygen atoms in total. The molecule has 2 aromatic rings. The van der Waals surface area contributed by atoms with Crippen molar-refractivity contribution in [2.45, 2.75) is 87.3 Å². The Balaban J connectivity index is 1.13. The van der Waals surface area contributed by atoms with Crippen molar-refractivity contribution in [3.63, 3.8) is 0 Å². The van der Waals surface area contributed by atoms with Crippen LogP contribution in [0.1, 0.15) is 50.2 Å². The minimum Gasteiger partial charge on any atom is -0.377 e. The summed E-state index contributed by atoms with van der Waals surface area (Å²) in [5.74, 6) is -2.77. The van der Waals surface area contributed by atoms with Crippen LogP contribution in [0.15, 0.2) is 60.7 Å². The topological polar surface area (TPSA) is 287 Å². The molecule has 0 saturated carbocycles. The van der Waals surface area contributed by atoms with Crippen molar-refractivity contribution in [3.8, 4) is 0 Å². The molecule has 2 saturated heterocycles. The number of Topliss-reactive ketones (excluding diaryl/α,β-unsaturated/α-hetero) is 1. The lowest BCUT2D eigenvalue weighted by atomic mass is 10.0. The summed E-state index contributed by atoms with van der Waals surface area (Å²) in [5, 5.41) is 32.2. The van der Waals surface area contributed by atoms with Crippen LogP contribution in [0.4, 0.5) is 9.59 Å². The highest BCUT2D eigenvalue weighted by atomic mass is 32.2. The molecule has 10 N–H and O–H groups in total. The van der Waals surface area contributed by atoms with E-state index >= 15 is 0 Å². The van der Waals surface area contributed by atoms with Crippen LogP contribution in [0.3, 0.4) is 0 Å². The molecule has 6 atom stereocenters. The molecule has 4 rings (SSSR count). The van der Waals surface area contributed by atoms with Crippen molar-refractivity contribution < 1.29 is 47.8 Å². The Hall–Kier alpha value is -6.06. The van der Waals surface area contributed by atoms with Crippen LogP contribution in [0.25, 0.3) is 0 Å². The highest BCUT2D eigenvalue weighted by molar-refractivity contribution is 8.00. The lowest BCUT2D eigenvalue weighted by Gasteiger charge is -2.25. The van der Waals surface area contributed by atoms with E-state index in [1.165, 1.54) is 6.92 Å². The first-order valence-corrected chi connectivity index (χ1v) is 22.9. The Morgan fingerprint density at radius 1 is 0.723 bits per heavy atom. The molecule has 2 aliphatic rings. The molecule has 0 radical (unpaired) electrons. The van der Waals surface area contributed by atoms with Crippen LogP contribution >= 0.6 is 11.8 Å². The fourth-order valence-corrected chi connectivity index (χ4v) is 8.63. The van der Waals surface area contributed by atoms with E-state index in [2.05, 4.69) is 47.9 Å². The molecule has 0 bridgehead atoms. The number of amides is 9. The zero-order chi connectivity index (χ0) is 46.8. The number of fused-ring (bicyclic) bond motifs is 1. The molecule has 0 aliphatic carbocycles. The number of rotatable bonds is 30. The molecule has 0 unspecified atom stereocenters. The van der Waals surface area contributed by atoms with Gasteiger partial charge in [-0.25, -0.2) is 9.59 Å². The molecule has 2 heterocycles. The SMILES string of the molecule is CC(=O)N[C@@H](Cc1ccccc1)C(=O)N[C@@H](CCC(=O)C=N)C(=O)N[C@@H](Cc1ccccc1)C(=O)NCC(=O)NCCOCCOCCNC(=O)NCCCC[C@H]1SC[C@H]2NC(=O)N[C@H]21. The molecular weight excluding hydrogens is 861 g/mol. The monoisotopic (exact) mass is 922 g/mol. The Morgan fingerprint density at radius 2 is 1.31 bits per heavy atom. The maximum atomic E-state index is 13.8. The minimum atomic E-state index is -1.32. The summed E-state index contributed by atoms with van der Waals surface area (Å²) in [6.07, 6.45) is 3.09. The van der Waals surface area contributed by atoms with Crippen molar-refractivity contribution in [1.29, 1.82) is 5.41 Å². The highest BCUT2D eigenvalue weighted by Gasteiger charge is 2.42. The number of hydrogen-bond donors (Lipinski definition) is 10. The number of ketones is 1. The number of unbranched alkanes of at least 4 members (excludes halogenated alkanes) is 1. The third kappa shape index (κ3) is 19.7. The number of urea groups is 2. The fraction of sp³-hybridized carbons (Fsp3) is 0.523. The van der Waals surface area contributed by atoms with Gasteiger partial charge in [0.1, 0.15) is 18.1 Å². The Morgan fingerprint density at radius 3 is 1.94 bits per heavy atom. The van der Waals surface area contributed by atoms with Gasteiger partial charge in [0.15, 0.2) is 5.78 Å². The van der Waals surface area contributed by atoms with Gasteiger partial charge in [0, 0.05) is 56.8 Å². The fourth-order valence-electron chi connectivity index (χ4n) is 7.09. The van der Waals surface area contributed by atoms with Crippen LogP contribution in [-0.2, 0) is 51.1 Å². The summed E-state index contributed by atoms with van der Waals surface area (Å²) in [6, 6.07) is 14.2. The summed E-state index contributed by atoms with van der Waals surface area (Å²) in [6.45, 7) is 2.84. The smallest absolute Gasteiger partial charge is 0.315 e. The van der Waals surface area contributed by atoms with Gasteiger partial charge in [0.2, 0.25) is 29.5 Å². The van der Waals surface area contributed by atoms with E-state index in [9.17, 15) is 38.4 Å². The molecule has 354 valence electrons. The second-order valence-electron chi connectivity index (χ2n) is 15.5. The third-order valence-electron chi connectivity index (χ3n) is 10.4. The molecule has 2 aliphatic heterocycles. The number of carbonyl (C=O) groups is 8. The first-order valence-electron chi connectivity index (χ1n) is 21.8. The van der Waals surface area contributed by atoms with Gasteiger partial charge in [-0.2, -0.15) is 11.8 Å². The third-order valence-corrected chi connectivity index (χ3v) is 11.9. The van der Waals surface area contributed by atoms with E-state index in [-0.39, 0.29) is 82.8 Å². The van der Waals surface area contributed by atoms with Crippen molar-refractivity contribution in [2.75, 3.05) is 58.4 Å². The number of nitrogens with one attached hydrogen (secondary N) is 10. The Kier molecular flexibility index (Phi) is 22.8. The quantitative estimate of drug-likeness (QED) is 0.0279. The summed E-state index contributed by atoms with van der Waals surface area (Å²) < 4.78 is 11.0.